The Hall–Kier alpha value is -3.50. The van der Waals surface area contributed by atoms with Crippen LogP contribution in [0.2, 0.25) is 0 Å². The lowest BCUT2D eigenvalue weighted by atomic mass is 10.1. The highest BCUT2D eigenvalue weighted by Crippen LogP contribution is 2.40. The maximum atomic E-state index is 13.3. The number of methoxy groups -OCH3 is 1. The zero-order valence-electron chi connectivity index (χ0n) is 17.9. The lowest BCUT2D eigenvalue weighted by Crippen LogP contribution is -2.38. The summed E-state index contributed by atoms with van der Waals surface area (Å²) >= 11 is 4.57. The number of carbonyl (C=O) groups is 1. The Morgan fingerprint density at radius 2 is 1.82 bits per heavy atom. The molecule has 0 bridgehead atoms. The third-order valence-corrected chi connectivity index (χ3v) is 7.79. The molecule has 170 valence electrons. The molecule has 33 heavy (non-hydrogen) atoms. The molecule has 1 unspecified atom stereocenters. The lowest BCUT2D eigenvalue weighted by molar-refractivity contribution is 0.102. The summed E-state index contributed by atoms with van der Waals surface area (Å²) in [6.45, 7) is 1.61. The maximum Gasteiger partial charge on any atom is 0.268 e. The van der Waals surface area contributed by atoms with E-state index in [9.17, 15) is 13.2 Å². The Balaban J connectivity index is 1.59. The predicted octanol–water partition coefficient (Wildman–Crippen LogP) is 4.21. The van der Waals surface area contributed by atoms with E-state index < -0.39 is 15.4 Å². The van der Waals surface area contributed by atoms with Crippen LogP contribution >= 0.6 is 12.6 Å². The van der Waals surface area contributed by atoms with Crippen molar-refractivity contribution >= 4 is 51.5 Å². The van der Waals surface area contributed by atoms with Gasteiger partial charge < -0.3 is 15.8 Å². The van der Waals surface area contributed by atoms with Crippen LogP contribution in [0, 0.1) is 0 Å². The number of sulfonamides is 1. The third kappa shape index (κ3) is 4.27. The number of hydrogen-bond acceptors (Lipinski definition) is 7. The minimum atomic E-state index is -3.90. The summed E-state index contributed by atoms with van der Waals surface area (Å²) in [5, 5.41) is 1.92. The Morgan fingerprint density at radius 3 is 2.48 bits per heavy atom. The fourth-order valence-corrected chi connectivity index (χ4v) is 5.79. The molecule has 0 fully saturated rings. The number of benzene rings is 3. The van der Waals surface area contributed by atoms with E-state index in [1.165, 1.54) is 13.2 Å². The molecular weight excluding hydrogens is 460 g/mol. The number of amides is 1. The van der Waals surface area contributed by atoms with Crippen LogP contribution in [0.25, 0.3) is 0 Å². The zero-order chi connectivity index (χ0) is 23.8. The van der Waals surface area contributed by atoms with Gasteiger partial charge in [0.25, 0.3) is 15.9 Å². The fraction of sp³-hybridized carbons (Fsp3) is 0.130. The molecule has 1 aliphatic heterocycles. The number of nitrogens with zero attached hydrogens (tertiary/aromatic N) is 2. The number of rotatable bonds is 5. The summed E-state index contributed by atoms with van der Waals surface area (Å²) in [7, 11) is -2.39. The van der Waals surface area contributed by atoms with Crippen LogP contribution in [0.1, 0.15) is 28.2 Å². The Labute approximate surface area is 197 Å². The van der Waals surface area contributed by atoms with Crippen molar-refractivity contribution in [2.45, 2.75) is 17.2 Å². The predicted molar refractivity (Wildman–Crippen MR) is 132 cm³/mol. The van der Waals surface area contributed by atoms with Crippen LogP contribution < -0.4 is 15.8 Å². The number of thiol groups is 1. The van der Waals surface area contributed by atoms with E-state index in [1.54, 1.807) is 67.6 Å². The lowest BCUT2D eigenvalue weighted by Gasteiger charge is -2.32. The van der Waals surface area contributed by atoms with Gasteiger partial charge in [0.2, 0.25) is 0 Å². The number of nitrogen functional groups attached to an aromatic ring is 1. The smallest absolute Gasteiger partial charge is 0.268 e. The molecule has 1 aliphatic rings. The molecular formula is C23H22N4O4S2. The molecule has 1 heterocycles. The standard InChI is InChI=1S/C23H22N4O4S2/c1-14-25-20-13-17(31-2)11-12-21(20)33(29,30)27(14)23(32)16-9-7-15(8-10-16)22(28)26-19-6-4-3-5-18(19)24/h3-13,23,32H,24H2,1-2H3,(H,26,28). The first-order valence-electron chi connectivity index (χ1n) is 9.94. The number of anilines is 2. The minimum absolute atomic E-state index is 0.0735. The summed E-state index contributed by atoms with van der Waals surface area (Å²) in [5.41, 5.74) is 8.15. The number of ether oxygens (including phenoxy) is 1. The topological polar surface area (TPSA) is 114 Å². The molecule has 0 spiro atoms. The first-order valence-corrected chi connectivity index (χ1v) is 11.9. The largest absolute Gasteiger partial charge is 0.497 e. The van der Waals surface area contributed by atoms with E-state index in [0.29, 0.717) is 33.9 Å². The summed E-state index contributed by atoms with van der Waals surface area (Å²) in [5.74, 6) is 0.459. The van der Waals surface area contributed by atoms with Crippen molar-refractivity contribution in [3.05, 3.63) is 77.9 Å². The summed E-state index contributed by atoms with van der Waals surface area (Å²) in [6.07, 6.45) is 0. The van der Waals surface area contributed by atoms with Gasteiger partial charge >= 0.3 is 0 Å². The Morgan fingerprint density at radius 1 is 1.12 bits per heavy atom. The van der Waals surface area contributed by atoms with Crippen molar-refractivity contribution in [2.75, 3.05) is 18.2 Å². The van der Waals surface area contributed by atoms with Gasteiger partial charge in [0.1, 0.15) is 21.9 Å². The molecule has 0 saturated heterocycles. The minimum Gasteiger partial charge on any atom is -0.497 e. The van der Waals surface area contributed by atoms with Gasteiger partial charge in [-0.25, -0.2) is 17.7 Å². The second kappa shape index (κ2) is 8.80. The van der Waals surface area contributed by atoms with E-state index >= 15 is 0 Å². The normalized spacial score (nSPS) is 15.2. The van der Waals surface area contributed by atoms with Crippen LogP contribution in [0.3, 0.4) is 0 Å². The number of hydrogen-bond donors (Lipinski definition) is 3. The van der Waals surface area contributed by atoms with Crippen LogP contribution in [0.4, 0.5) is 17.1 Å². The summed E-state index contributed by atoms with van der Waals surface area (Å²) in [6, 6.07) is 18.1. The number of amidine groups is 1. The number of aliphatic imine (C=N–C) groups is 1. The van der Waals surface area contributed by atoms with E-state index in [4.69, 9.17) is 10.5 Å². The number of fused-ring (bicyclic) bond motifs is 1. The van der Waals surface area contributed by atoms with E-state index in [0.717, 1.165) is 4.31 Å². The quantitative estimate of drug-likeness (QED) is 0.372. The molecule has 10 heteroatoms. The van der Waals surface area contributed by atoms with Gasteiger partial charge in [-0.3, -0.25) is 4.79 Å². The van der Waals surface area contributed by atoms with Crippen LogP contribution in [0.15, 0.2) is 76.6 Å². The van der Waals surface area contributed by atoms with Crippen molar-refractivity contribution in [1.29, 1.82) is 0 Å². The van der Waals surface area contributed by atoms with Crippen LogP contribution in [-0.2, 0) is 10.0 Å². The zero-order valence-corrected chi connectivity index (χ0v) is 19.6. The van der Waals surface area contributed by atoms with Crippen molar-refractivity contribution in [2.24, 2.45) is 4.99 Å². The average molecular weight is 483 g/mol. The van der Waals surface area contributed by atoms with Gasteiger partial charge in [-0.05, 0) is 48.9 Å². The number of carbonyl (C=O) groups excluding carboxylic acids is 1. The Kier molecular flexibility index (Phi) is 6.05. The molecule has 3 aromatic rings. The van der Waals surface area contributed by atoms with E-state index in [-0.39, 0.29) is 16.6 Å². The third-order valence-electron chi connectivity index (χ3n) is 5.21. The first kappa shape index (κ1) is 22.7. The van der Waals surface area contributed by atoms with Crippen LogP contribution in [-0.4, -0.2) is 31.6 Å². The Bertz CT molecular complexity index is 1360. The second-order valence-electron chi connectivity index (χ2n) is 7.33. The molecule has 0 aromatic heterocycles. The molecule has 3 aromatic carbocycles. The monoisotopic (exact) mass is 482 g/mol. The van der Waals surface area contributed by atoms with Crippen molar-refractivity contribution in [3.8, 4) is 5.75 Å². The molecule has 0 radical (unpaired) electrons. The highest BCUT2D eigenvalue weighted by molar-refractivity contribution is 7.91. The molecule has 0 aliphatic carbocycles. The van der Waals surface area contributed by atoms with Gasteiger partial charge in [0, 0.05) is 11.6 Å². The van der Waals surface area contributed by atoms with Crippen molar-refractivity contribution in [3.63, 3.8) is 0 Å². The first-order chi connectivity index (χ1) is 15.7. The van der Waals surface area contributed by atoms with E-state index in [2.05, 4.69) is 22.9 Å². The van der Waals surface area contributed by atoms with E-state index in [1.807, 2.05) is 0 Å². The molecule has 8 nitrogen and oxygen atoms in total. The van der Waals surface area contributed by atoms with Crippen molar-refractivity contribution < 1.29 is 17.9 Å². The number of nitrogens with two attached hydrogens (primary N) is 1. The molecule has 3 N–H and O–H groups in total. The molecule has 0 saturated carbocycles. The SMILES string of the molecule is COc1ccc2c(c1)N=C(C)N(C(S)c1ccc(C(=O)Nc3ccccc3N)cc1)S2(=O)=O. The van der Waals surface area contributed by atoms with Gasteiger partial charge in [-0.15, -0.1) is 12.6 Å². The van der Waals surface area contributed by atoms with Gasteiger partial charge in [-0.2, -0.15) is 0 Å². The highest BCUT2D eigenvalue weighted by Gasteiger charge is 2.36. The fourth-order valence-electron chi connectivity index (χ4n) is 3.49. The van der Waals surface area contributed by atoms with Crippen molar-refractivity contribution in [1.82, 2.24) is 4.31 Å². The number of nitrogens with one attached hydrogen (secondary N) is 1. The van der Waals surface area contributed by atoms with Gasteiger partial charge in [0.15, 0.2) is 0 Å². The average Bonchev–Trinajstić information content (AvgIpc) is 2.79. The highest BCUT2D eigenvalue weighted by atomic mass is 32.2. The molecule has 1 amide bonds. The maximum absolute atomic E-state index is 13.3. The molecule has 4 rings (SSSR count). The summed E-state index contributed by atoms with van der Waals surface area (Å²) < 4.78 is 33.0. The number of para-hydroxylation sites is 2. The second-order valence-corrected chi connectivity index (χ2v) is 9.60. The van der Waals surface area contributed by atoms with Crippen LogP contribution in [0.5, 0.6) is 5.75 Å². The van der Waals surface area contributed by atoms with Gasteiger partial charge in [0.05, 0.1) is 24.2 Å². The van der Waals surface area contributed by atoms with Gasteiger partial charge in [-0.1, -0.05) is 24.3 Å². The molecule has 1 atom stereocenters. The summed E-state index contributed by atoms with van der Waals surface area (Å²) in [4.78, 5) is 17.1.